The zero-order valence-electron chi connectivity index (χ0n) is 12.6. The summed E-state index contributed by atoms with van der Waals surface area (Å²) in [6.07, 6.45) is 1.86. The van der Waals surface area contributed by atoms with E-state index in [0.717, 1.165) is 11.1 Å². The monoisotopic (exact) mass is 272 g/mol. The van der Waals surface area contributed by atoms with Gasteiger partial charge in [-0.15, -0.1) is 0 Å². The number of aryl methyl sites for hydroxylation is 1. The molecule has 1 aliphatic rings. The third kappa shape index (κ3) is 2.59. The van der Waals surface area contributed by atoms with Gasteiger partial charge in [0.2, 0.25) is 0 Å². The number of carbonyl (C=O) groups excluding carboxylic acids is 1. The number of hydrogen-bond donors (Lipinski definition) is 0. The van der Waals surface area contributed by atoms with Crippen LogP contribution in [-0.4, -0.2) is 29.3 Å². The lowest BCUT2D eigenvalue weighted by molar-refractivity contribution is -0.129. The van der Waals surface area contributed by atoms with E-state index in [1.807, 2.05) is 58.0 Å². The first-order chi connectivity index (χ1) is 9.34. The van der Waals surface area contributed by atoms with Crippen LogP contribution in [0.25, 0.3) is 6.08 Å². The van der Waals surface area contributed by atoms with Gasteiger partial charge in [0.15, 0.2) is 5.84 Å². The van der Waals surface area contributed by atoms with Crippen molar-refractivity contribution < 1.29 is 9.63 Å². The number of amides is 1. The lowest BCUT2D eigenvalue weighted by Crippen LogP contribution is -2.60. The molecule has 1 heterocycles. The van der Waals surface area contributed by atoms with Gasteiger partial charge in [-0.3, -0.25) is 9.69 Å². The fourth-order valence-electron chi connectivity index (χ4n) is 2.23. The van der Waals surface area contributed by atoms with Crippen molar-refractivity contribution in [2.24, 2.45) is 5.16 Å². The minimum absolute atomic E-state index is 0.0187. The highest BCUT2D eigenvalue weighted by atomic mass is 16.6. The van der Waals surface area contributed by atoms with Crippen molar-refractivity contribution in [2.45, 2.75) is 33.2 Å². The maximum Gasteiger partial charge on any atom is 0.263 e. The molecule has 0 saturated carbocycles. The molecule has 4 nitrogen and oxygen atoms in total. The molecule has 0 spiro atoms. The molecule has 4 heteroatoms. The Morgan fingerprint density at radius 2 is 2.00 bits per heavy atom. The molecule has 0 unspecified atom stereocenters. The molecule has 1 amide bonds. The van der Waals surface area contributed by atoms with E-state index >= 15 is 0 Å². The molecule has 0 radical (unpaired) electrons. The van der Waals surface area contributed by atoms with E-state index in [1.165, 1.54) is 7.11 Å². The van der Waals surface area contributed by atoms with Crippen molar-refractivity contribution in [2.75, 3.05) is 7.11 Å². The summed E-state index contributed by atoms with van der Waals surface area (Å²) in [5.41, 5.74) is 2.43. The summed E-state index contributed by atoms with van der Waals surface area (Å²) in [6, 6.07) is 8.00. The predicted molar refractivity (Wildman–Crippen MR) is 80.2 cm³/mol. The SMILES string of the molecule is CO/N=C1\C(=C\c2cccc(C)c2)C(=O)N1C(C)(C)C. The van der Waals surface area contributed by atoms with Crippen LogP contribution in [0.2, 0.25) is 0 Å². The number of nitrogens with zero attached hydrogens (tertiary/aromatic N) is 2. The number of carbonyl (C=O) groups is 1. The minimum Gasteiger partial charge on any atom is -0.397 e. The molecule has 0 N–H and O–H groups in total. The summed E-state index contributed by atoms with van der Waals surface area (Å²) in [5, 5.41) is 3.98. The van der Waals surface area contributed by atoms with Crippen molar-refractivity contribution in [3.63, 3.8) is 0 Å². The molecule has 1 saturated heterocycles. The first-order valence-electron chi connectivity index (χ1n) is 6.59. The summed E-state index contributed by atoms with van der Waals surface area (Å²) in [7, 11) is 1.49. The molecule has 0 bridgehead atoms. The minimum atomic E-state index is -0.307. The Bertz CT molecular complexity index is 595. The van der Waals surface area contributed by atoms with Crippen LogP contribution in [0.1, 0.15) is 31.9 Å². The van der Waals surface area contributed by atoms with E-state index in [0.29, 0.717) is 11.4 Å². The molecule has 1 fully saturated rings. The number of likely N-dealkylation sites (tertiary alicyclic amines) is 1. The summed E-state index contributed by atoms with van der Waals surface area (Å²) < 4.78 is 0. The average molecular weight is 272 g/mol. The van der Waals surface area contributed by atoms with E-state index in [9.17, 15) is 4.79 Å². The zero-order valence-corrected chi connectivity index (χ0v) is 12.6. The van der Waals surface area contributed by atoms with Crippen molar-refractivity contribution in [1.82, 2.24) is 4.90 Å². The van der Waals surface area contributed by atoms with E-state index in [-0.39, 0.29) is 11.4 Å². The molecule has 106 valence electrons. The third-order valence-corrected chi connectivity index (χ3v) is 3.09. The van der Waals surface area contributed by atoms with Gasteiger partial charge < -0.3 is 4.84 Å². The molecule has 0 aromatic heterocycles. The summed E-state index contributed by atoms with van der Waals surface area (Å²) in [6.45, 7) is 7.94. The molecule has 1 aliphatic heterocycles. The second-order valence-corrected chi connectivity index (χ2v) is 5.88. The Labute approximate surface area is 119 Å². The first-order valence-corrected chi connectivity index (χ1v) is 6.59. The van der Waals surface area contributed by atoms with Crippen LogP contribution < -0.4 is 0 Å². The van der Waals surface area contributed by atoms with E-state index in [1.54, 1.807) is 4.90 Å². The average Bonchev–Trinajstić information content (AvgIpc) is 2.34. The molecule has 0 aliphatic carbocycles. The predicted octanol–water partition coefficient (Wildman–Crippen LogP) is 2.98. The quantitative estimate of drug-likeness (QED) is 0.472. The van der Waals surface area contributed by atoms with Gasteiger partial charge in [-0.25, -0.2) is 0 Å². The maximum atomic E-state index is 12.3. The van der Waals surface area contributed by atoms with Crippen molar-refractivity contribution in [3.8, 4) is 0 Å². The second-order valence-electron chi connectivity index (χ2n) is 5.88. The Balaban J connectivity index is 2.38. The fraction of sp³-hybridized carbons (Fsp3) is 0.375. The first kappa shape index (κ1) is 14.3. The van der Waals surface area contributed by atoms with Crippen LogP contribution >= 0.6 is 0 Å². The Kier molecular flexibility index (Phi) is 3.66. The van der Waals surface area contributed by atoms with Gasteiger partial charge in [-0.05, 0) is 39.3 Å². The standard InChI is InChI=1S/C16H20N2O2/c1-11-7-6-8-12(9-11)10-13-14(17-20-5)18(15(13)19)16(2,3)4/h6-10H,1-5H3/b13-10-,17-14+. The lowest BCUT2D eigenvalue weighted by Gasteiger charge is -2.43. The largest absolute Gasteiger partial charge is 0.397 e. The maximum absolute atomic E-state index is 12.3. The van der Waals surface area contributed by atoms with E-state index in [2.05, 4.69) is 5.16 Å². The van der Waals surface area contributed by atoms with Crippen LogP contribution in [0.5, 0.6) is 0 Å². The molecule has 20 heavy (non-hydrogen) atoms. The van der Waals surface area contributed by atoms with Gasteiger partial charge in [0.1, 0.15) is 7.11 Å². The molecule has 1 aromatic carbocycles. The highest BCUT2D eigenvalue weighted by molar-refractivity contribution is 6.38. The summed E-state index contributed by atoms with van der Waals surface area (Å²) in [4.78, 5) is 18.8. The highest BCUT2D eigenvalue weighted by Crippen LogP contribution is 2.30. The lowest BCUT2D eigenvalue weighted by atomic mass is 9.93. The summed E-state index contributed by atoms with van der Waals surface area (Å²) >= 11 is 0. The van der Waals surface area contributed by atoms with Gasteiger partial charge in [0.05, 0.1) is 5.57 Å². The fourth-order valence-corrected chi connectivity index (χ4v) is 2.23. The molecule has 0 atom stereocenters. The van der Waals surface area contributed by atoms with E-state index < -0.39 is 0 Å². The number of rotatable bonds is 2. The van der Waals surface area contributed by atoms with Crippen LogP contribution in [-0.2, 0) is 9.63 Å². The highest BCUT2D eigenvalue weighted by Gasteiger charge is 2.45. The number of β-lactam (4-membered cyclic amide) rings is 1. The van der Waals surface area contributed by atoms with Crippen molar-refractivity contribution in [3.05, 3.63) is 41.0 Å². The van der Waals surface area contributed by atoms with Gasteiger partial charge >= 0.3 is 0 Å². The Morgan fingerprint density at radius 1 is 1.30 bits per heavy atom. The Hall–Kier alpha value is -2.10. The molecular weight excluding hydrogens is 252 g/mol. The second kappa shape index (κ2) is 5.12. The molecular formula is C16H20N2O2. The van der Waals surface area contributed by atoms with Gasteiger partial charge in [-0.2, -0.15) is 0 Å². The number of hydrogen-bond acceptors (Lipinski definition) is 3. The van der Waals surface area contributed by atoms with Crippen LogP contribution in [0.15, 0.2) is 35.0 Å². The number of oxime groups is 1. The van der Waals surface area contributed by atoms with Crippen LogP contribution in [0.3, 0.4) is 0 Å². The number of benzene rings is 1. The topological polar surface area (TPSA) is 41.9 Å². The Morgan fingerprint density at radius 3 is 2.55 bits per heavy atom. The third-order valence-electron chi connectivity index (χ3n) is 3.09. The van der Waals surface area contributed by atoms with Crippen LogP contribution in [0, 0.1) is 6.92 Å². The zero-order chi connectivity index (χ0) is 14.9. The number of amidine groups is 1. The summed E-state index contributed by atoms with van der Waals surface area (Å²) in [5.74, 6) is 0.571. The van der Waals surface area contributed by atoms with Gasteiger partial charge in [0.25, 0.3) is 5.91 Å². The van der Waals surface area contributed by atoms with Crippen molar-refractivity contribution in [1.29, 1.82) is 0 Å². The van der Waals surface area contributed by atoms with E-state index in [4.69, 9.17) is 4.84 Å². The normalized spacial score (nSPS) is 19.4. The smallest absolute Gasteiger partial charge is 0.263 e. The molecule has 1 aromatic rings. The molecule has 2 rings (SSSR count). The van der Waals surface area contributed by atoms with Gasteiger partial charge in [0, 0.05) is 5.54 Å². The van der Waals surface area contributed by atoms with Crippen molar-refractivity contribution >= 4 is 17.8 Å². The van der Waals surface area contributed by atoms with Crippen LogP contribution in [0.4, 0.5) is 0 Å². The van der Waals surface area contributed by atoms with Gasteiger partial charge in [-0.1, -0.05) is 35.0 Å².